The predicted molar refractivity (Wildman–Crippen MR) is 100 cm³/mol. The molecule has 4 rings (SSSR count). The summed E-state index contributed by atoms with van der Waals surface area (Å²) in [6, 6.07) is 13.2. The van der Waals surface area contributed by atoms with Crippen LogP contribution in [0.5, 0.6) is 0 Å². The van der Waals surface area contributed by atoms with Crippen molar-refractivity contribution in [2.24, 2.45) is 0 Å². The molecule has 2 aliphatic heterocycles. The van der Waals surface area contributed by atoms with Gasteiger partial charge in [-0.1, -0.05) is 30.3 Å². The van der Waals surface area contributed by atoms with Crippen molar-refractivity contribution in [1.29, 1.82) is 0 Å². The van der Waals surface area contributed by atoms with Crippen molar-refractivity contribution < 1.29 is 9.53 Å². The summed E-state index contributed by atoms with van der Waals surface area (Å²) in [6.07, 6.45) is 4.80. The largest absolute Gasteiger partial charge is 0.378 e. The first-order valence-electron chi connectivity index (χ1n) is 9.44. The summed E-state index contributed by atoms with van der Waals surface area (Å²) in [5, 5.41) is 5.88. The van der Waals surface area contributed by atoms with E-state index in [0.29, 0.717) is 32.3 Å². The molecule has 0 radical (unpaired) electrons. The highest BCUT2D eigenvalue weighted by molar-refractivity contribution is 6.07. The highest BCUT2D eigenvalue weighted by Crippen LogP contribution is 2.26. The molecule has 4 heteroatoms. The van der Waals surface area contributed by atoms with Gasteiger partial charge in [0.15, 0.2) is 0 Å². The van der Waals surface area contributed by atoms with Crippen LogP contribution >= 0.6 is 0 Å². The summed E-state index contributed by atoms with van der Waals surface area (Å²) in [7, 11) is 0. The van der Waals surface area contributed by atoms with Gasteiger partial charge in [-0.3, -0.25) is 4.79 Å². The number of nitrogens with zero attached hydrogens (tertiary/aromatic N) is 1. The molecular formula is C21H26N2O2. The van der Waals surface area contributed by atoms with Crippen molar-refractivity contribution in [2.45, 2.75) is 31.7 Å². The van der Waals surface area contributed by atoms with Crippen LogP contribution < -0.4 is 5.32 Å². The van der Waals surface area contributed by atoms with Gasteiger partial charge < -0.3 is 15.0 Å². The van der Waals surface area contributed by atoms with Gasteiger partial charge in [0, 0.05) is 24.7 Å². The van der Waals surface area contributed by atoms with E-state index in [1.807, 2.05) is 17.0 Å². The van der Waals surface area contributed by atoms with E-state index in [0.717, 1.165) is 23.9 Å². The maximum atomic E-state index is 13.0. The Hall–Kier alpha value is -1.91. The molecule has 2 saturated heterocycles. The van der Waals surface area contributed by atoms with E-state index < -0.39 is 0 Å². The van der Waals surface area contributed by atoms with E-state index in [4.69, 9.17) is 4.74 Å². The second-order valence-electron chi connectivity index (χ2n) is 7.05. The lowest BCUT2D eigenvalue weighted by Gasteiger charge is -2.27. The maximum absolute atomic E-state index is 13.0. The first kappa shape index (κ1) is 16.6. The van der Waals surface area contributed by atoms with E-state index in [9.17, 15) is 4.79 Å². The number of fused-ring (bicyclic) bond motifs is 1. The number of nitrogens with one attached hydrogen (secondary N) is 1. The first-order valence-corrected chi connectivity index (χ1v) is 9.44. The minimum absolute atomic E-state index is 0.128. The van der Waals surface area contributed by atoms with Gasteiger partial charge in [-0.15, -0.1) is 0 Å². The second kappa shape index (κ2) is 7.54. The van der Waals surface area contributed by atoms with Crippen LogP contribution in [0.25, 0.3) is 10.8 Å². The topological polar surface area (TPSA) is 41.6 Å². The average Bonchev–Trinajstić information content (AvgIpc) is 3.20. The Labute approximate surface area is 149 Å². The lowest BCUT2D eigenvalue weighted by atomic mass is 9.94. The fourth-order valence-corrected chi connectivity index (χ4v) is 4.04. The number of amides is 1. The quantitative estimate of drug-likeness (QED) is 0.932. The Bertz CT molecular complexity index is 747. The minimum atomic E-state index is 0.128. The third-order valence-corrected chi connectivity index (χ3v) is 5.47. The van der Waals surface area contributed by atoms with Crippen molar-refractivity contribution in [2.75, 3.05) is 32.8 Å². The van der Waals surface area contributed by atoms with Gasteiger partial charge in [-0.2, -0.15) is 0 Å². The van der Waals surface area contributed by atoms with Crippen LogP contribution in [-0.4, -0.2) is 49.7 Å². The molecule has 1 N–H and O–H groups in total. The summed E-state index contributed by atoms with van der Waals surface area (Å²) in [4.78, 5) is 14.9. The molecule has 2 aromatic carbocycles. The molecule has 2 heterocycles. The van der Waals surface area contributed by atoms with Crippen molar-refractivity contribution in [3.05, 3.63) is 47.5 Å². The van der Waals surface area contributed by atoms with E-state index in [2.05, 4.69) is 29.6 Å². The van der Waals surface area contributed by atoms with E-state index in [-0.39, 0.29) is 5.91 Å². The molecule has 0 spiro atoms. The van der Waals surface area contributed by atoms with Crippen LogP contribution in [0.2, 0.25) is 0 Å². The Morgan fingerprint density at radius 1 is 1.12 bits per heavy atom. The number of hydrogen-bond acceptors (Lipinski definition) is 3. The van der Waals surface area contributed by atoms with Crippen LogP contribution in [0.3, 0.4) is 0 Å². The molecule has 0 bridgehead atoms. The molecule has 1 amide bonds. The molecule has 132 valence electrons. The Kier molecular flexibility index (Phi) is 4.99. The smallest absolute Gasteiger partial charge is 0.254 e. The number of ether oxygens (including phenoxy) is 1. The van der Waals surface area contributed by atoms with E-state index in [1.54, 1.807) is 0 Å². The molecule has 2 fully saturated rings. The predicted octanol–water partition coefficient (Wildman–Crippen LogP) is 3.00. The normalized spacial score (nSPS) is 21.0. The van der Waals surface area contributed by atoms with Crippen molar-refractivity contribution >= 4 is 16.7 Å². The van der Waals surface area contributed by atoms with Crippen LogP contribution in [0, 0.1) is 0 Å². The standard InChI is InChI=1S/C21H26N2O2/c24-21(23-12-14-25-15-13-23)20-10-8-16(7-9-17-4-3-11-22-17)18-5-1-2-6-19(18)20/h1-2,5-6,8,10,17,22H,3-4,7,9,11-15H2. The van der Waals surface area contributed by atoms with Crippen molar-refractivity contribution in [1.82, 2.24) is 10.2 Å². The van der Waals surface area contributed by atoms with Crippen molar-refractivity contribution in [3.8, 4) is 0 Å². The lowest BCUT2D eigenvalue weighted by Crippen LogP contribution is -2.40. The Morgan fingerprint density at radius 2 is 1.92 bits per heavy atom. The second-order valence-corrected chi connectivity index (χ2v) is 7.05. The molecular weight excluding hydrogens is 312 g/mol. The third kappa shape index (κ3) is 3.55. The van der Waals surface area contributed by atoms with Gasteiger partial charge in [-0.25, -0.2) is 0 Å². The fraction of sp³-hybridized carbons (Fsp3) is 0.476. The van der Waals surface area contributed by atoms with Gasteiger partial charge in [0.05, 0.1) is 13.2 Å². The number of aryl methyl sites for hydroxylation is 1. The number of carbonyl (C=O) groups is 1. The monoisotopic (exact) mass is 338 g/mol. The highest BCUT2D eigenvalue weighted by Gasteiger charge is 2.21. The van der Waals surface area contributed by atoms with Crippen molar-refractivity contribution in [3.63, 3.8) is 0 Å². The lowest BCUT2D eigenvalue weighted by molar-refractivity contribution is 0.0304. The van der Waals surface area contributed by atoms with E-state index in [1.165, 1.54) is 30.2 Å². The minimum Gasteiger partial charge on any atom is -0.378 e. The Balaban J connectivity index is 1.60. The summed E-state index contributed by atoms with van der Waals surface area (Å²) >= 11 is 0. The number of benzene rings is 2. The number of rotatable bonds is 4. The van der Waals surface area contributed by atoms with Gasteiger partial charge in [0.1, 0.15) is 0 Å². The molecule has 2 aromatic rings. The Morgan fingerprint density at radius 3 is 2.68 bits per heavy atom. The molecule has 0 aromatic heterocycles. The molecule has 2 aliphatic rings. The van der Waals surface area contributed by atoms with Gasteiger partial charge in [0.25, 0.3) is 5.91 Å². The molecule has 0 aliphatic carbocycles. The van der Waals surface area contributed by atoms with Crippen LogP contribution in [0.4, 0.5) is 0 Å². The number of hydrogen-bond donors (Lipinski definition) is 1. The first-order chi connectivity index (χ1) is 12.3. The zero-order chi connectivity index (χ0) is 17.1. The summed E-state index contributed by atoms with van der Waals surface area (Å²) < 4.78 is 5.37. The average molecular weight is 338 g/mol. The zero-order valence-electron chi connectivity index (χ0n) is 14.7. The van der Waals surface area contributed by atoms with E-state index >= 15 is 0 Å². The molecule has 0 saturated carbocycles. The zero-order valence-corrected chi connectivity index (χ0v) is 14.7. The van der Waals surface area contributed by atoms with Gasteiger partial charge in [0.2, 0.25) is 0 Å². The maximum Gasteiger partial charge on any atom is 0.254 e. The fourth-order valence-electron chi connectivity index (χ4n) is 4.04. The highest BCUT2D eigenvalue weighted by atomic mass is 16.5. The van der Waals surface area contributed by atoms with Gasteiger partial charge >= 0.3 is 0 Å². The third-order valence-electron chi connectivity index (χ3n) is 5.47. The molecule has 25 heavy (non-hydrogen) atoms. The number of morpholine rings is 1. The van der Waals surface area contributed by atoms with Crippen LogP contribution in [-0.2, 0) is 11.2 Å². The molecule has 4 nitrogen and oxygen atoms in total. The molecule has 1 unspecified atom stereocenters. The summed E-state index contributed by atoms with van der Waals surface area (Å²) in [5.41, 5.74) is 2.17. The summed E-state index contributed by atoms with van der Waals surface area (Å²) in [5.74, 6) is 0.128. The summed E-state index contributed by atoms with van der Waals surface area (Å²) in [6.45, 7) is 3.79. The van der Waals surface area contributed by atoms with Crippen LogP contribution in [0.1, 0.15) is 35.2 Å². The number of carbonyl (C=O) groups excluding carboxylic acids is 1. The SMILES string of the molecule is O=C(c1ccc(CCC2CCCN2)c2ccccc12)N1CCOCC1. The van der Waals surface area contributed by atoms with Gasteiger partial charge in [-0.05, 0) is 54.6 Å². The van der Waals surface area contributed by atoms with Crippen LogP contribution in [0.15, 0.2) is 36.4 Å². The molecule has 1 atom stereocenters.